The highest BCUT2D eigenvalue weighted by atomic mass is 79.9. The van der Waals surface area contributed by atoms with Crippen molar-refractivity contribution >= 4 is 0 Å². The molecule has 0 aromatic rings. The van der Waals surface area contributed by atoms with Crippen LogP contribution in [0.2, 0.25) is 0 Å². The summed E-state index contributed by atoms with van der Waals surface area (Å²) in [6.07, 6.45) is 87.0. The third kappa shape index (κ3) is 89.6. The van der Waals surface area contributed by atoms with E-state index in [0.717, 1.165) is 0 Å². The topological polar surface area (TPSA) is 0 Å². The fraction of sp³-hybridized carbons (Fsp3) is 1.00. The molecule has 0 bridgehead atoms. The molecule has 0 amide bonds. The van der Waals surface area contributed by atoms with E-state index in [1.54, 1.807) is 0 Å². The maximum atomic E-state index is 2.45. The minimum Gasteiger partial charge on any atom is -1.00 e. The molecule has 0 spiro atoms. The molecule has 0 atom stereocenters. The quantitative estimate of drug-likeness (QED) is 0.0421. The fourth-order valence-corrected chi connectivity index (χ4v) is 12.5. The molecule has 0 unspecified atom stereocenters. The maximum absolute atomic E-state index is 2.45. The molecule has 0 aliphatic rings. The Morgan fingerprint density at radius 1 is 0.131 bits per heavy atom. The lowest BCUT2D eigenvalue weighted by Gasteiger charge is -2.30. The van der Waals surface area contributed by atoms with Crippen molar-refractivity contribution in [3.8, 4) is 0 Å². The molecule has 0 saturated carbocycles. The number of nitrogens with zero attached hydrogens (tertiary/aromatic N) is 3. The van der Waals surface area contributed by atoms with Crippen molar-refractivity contribution in [2.75, 3.05) is 81.6 Å². The van der Waals surface area contributed by atoms with Crippen LogP contribution in [0.5, 0.6) is 0 Å². The minimum atomic E-state index is 0. The highest BCUT2D eigenvalue weighted by molar-refractivity contribution is 4.54. The van der Waals surface area contributed by atoms with Crippen molar-refractivity contribution in [2.24, 2.45) is 0 Å². The summed E-state index contributed by atoms with van der Waals surface area (Å²) >= 11 is 0. The Kier molecular flexibility index (Phi) is 91.9. The van der Waals surface area contributed by atoms with E-state index >= 15 is 0 Å². The predicted molar refractivity (Wildman–Crippen MR) is 377 cm³/mol. The first kappa shape index (κ1) is 96.2. The fourth-order valence-electron chi connectivity index (χ4n) is 12.5. The lowest BCUT2D eigenvalue weighted by atomic mass is 10.1. The summed E-state index contributed by atoms with van der Waals surface area (Å²) in [7, 11) is 14.7. The molecule has 0 aliphatic carbocycles. The van der Waals surface area contributed by atoms with Crippen LogP contribution in [0.25, 0.3) is 0 Å². The summed E-state index contributed by atoms with van der Waals surface area (Å²) in [4.78, 5) is 0. The van der Waals surface area contributed by atoms with Gasteiger partial charge < -0.3 is 59.8 Å². The van der Waals surface area contributed by atoms with Crippen molar-refractivity contribution in [1.82, 2.24) is 0 Å². The smallest absolute Gasteiger partial charge is 0.0782 e. The van der Waals surface area contributed by atoms with E-state index in [1.165, 1.54) is 438 Å². The van der Waals surface area contributed by atoms with Crippen molar-refractivity contribution < 1.29 is 59.8 Å². The van der Waals surface area contributed by atoms with Gasteiger partial charge in [-0.05, 0) is 77.0 Å². The zero-order chi connectivity index (χ0) is 60.2. The van der Waals surface area contributed by atoms with E-state index in [-0.39, 0.29) is 46.4 Å². The second kappa shape index (κ2) is 80.2. The third-order valence-corrected chi connectivity index (χ3v) is 18.7. The highest BCUT2D eigenvalue weighted by Gasteiger charge is 2.16. The Bertz CT molecular complexity index is 891. The summed E-state index contributed by atoms with van der Waals surface area (Å²) in [5, 5.41) is 0. The number of rotatable bonds is 66. The molecule has 0 fully saturated rings. The lowest BCUT2D eigenvalue weighted by Crippen LogP contribution is -3.00. The molecule has 0 aromatic carbocycles. The number of halogens is 3. The van der Waals surface area contributed by atoms with Gasteiger partial charge in [-0.15, -0.1) is 0 Å². The summed E-state index contributed by atoms with van der Waals surface area (Å²) < 4.78 is 3.73. The molecule has 84 heavy (non-hydrogen) atoms. The normalized spacial score (nSPS) is 11.6. The summed E-state index contributed by atoms with van der Waals surface area (Å²) in [6.45, 7) is 22.1. The molecule has 0 aromatic heterocycles. The van der Waals surface area contributed by atoms with Crippen molar-refractivity contribution in [1.29, 1.82) is 0 Å². The van der Waals surface area contributed by atoms with Crippen molar-refractivity contribution in [3.63, 3.8) is 0 Å². The first-order chi connectivity index (χ1) is 39.4. The van der Waals surface area contributed by atoms with Gasteiger partial charge in [-0.1, -0.05) is 350 Å². The monoisotopic (exact) mass is 1340 g/mol. The van der Waals surface area contributed by atoms with Gasteiger partial charge in [-0.2, -0.15) is 0 Å². The van der Waals surface area contributed by atoms with Crippen LogP contribution in [-0.2, 0) is 0 Å². The number of hydrogen-bond acceptors (Lipinski definition) is 0. The van der Waals surface area contributed by atoms with Gasteiger partial charge in [0.1, 0.15) is 0 Å². The Balaban J connectivity index is -0.000000267. The van der Waals surface area contributed by atoms with Crippen LogP contribution >= 0.6 is 0 Å². The van der Waals surface area contributed by atoms with E-state index in [4.69, 9.17) is 0 Å². The molecule has 0 radical (unpaired) electrons. The second-order valence-corrected chi connectivity index (χ2v) is 29.2. The maximum Gasteiger partial charge on any atom is 0.0782 e. The first-order valence-corrected chi connectivity index (χ1v) is 38.8. The van der Waals surface area contributed by atoms with Crippen LogP contribution in [0.4, 0.5) is 0 Å². The third-order valence-electron chi connectivity index (χ3n) is 18.7. The Labute approximate surface area is 564 Å². The summed E-state index contributed by atoms with van der Waals surface area (Å²) in [5.74, 6) is 0. The molecule has 0 rings (SSSR count). The van der Waals surface area contributed by atoms with Crippen LogP contribution in [0.3, 0.4) is 0 Å². The van der Waals surface area contributed by atoms with Crippen LogP contribution in [0.15, 0.2) is 0 Å². The largest absolute Gasteiger partial charge is 1.00 e. The number of hydrogen-bond donors (Lipinski definition) is 0. The Morgan fingerprint density at radius 3 is 0.286 bits per heavy atom. The molecule has 0 heterocycles. The Morgan fingerprint density at radius 2 is 0.202 bits per heavy atom. The molecule has 0 saturated heterocycles. The standard InChI is InChI=1S/3C26H56N.2BrH.ClH/c3*1-5-7-9-11-13-15-17-19-21-23-25-27(3,4)26-24-22-20-18-16-14-12-10-8-6-2;;;/h3*5-26H2,1-4H3;3*1H/q3*+1;;;/p-3. The molecule has 3 nitrogen and oxygen atoms in total. The minimum absolute atomic E-state index is 0. The second-order valence-electron chi connectivity index (χ2n) is 29.2. The van der Waals surface area contributed by atoms with Gasteiger partial charge in [0.2, 0.25) is 0 Å². The van der Waals surface area contributed by atoms with Gasteiger partial charge in [-0.3, -0.25) is 0 Å². The average Bonchev–Trinajstić information content (AvgIpc) is 3.44. The summed E-state index contributed by atoms with van der Waals surface area (Å²) in [6, 6.07) is 0. The van der Waals surface area contributed by atoms with Gasteiger partial charge in [0.15, 0.2) is 0 Å². The highest BCUT2D eigenvalue weighted by Crippen LogP contribution is 2.19. The summed E-state index contributed by atoms with van der Waals surface area (Å²) in [5.41, 5.74) is 0. The van der Waals surface area contributed by atoms with Crippen LogP contribution in [-0.4, -0.2) is 95.0 Å². The van der Waals surface area contributed by atoms with Gasteiger partial charge in [0.25, 0.3) is 0 Å². The van der Waals surface area contributed by atoms with Crippen LogP contribution < -0.4 is 46.4 Å². The molecule has 6 heteroatoms. The van der Waals surface area contributed by atoms with E-state index in [9.17, 15) is 0 Å². The van der Waals surface area contributed by atoms with Crippen LogP contribution in [0, 0.1) is 0 Å². The molecular weight excluding hydrogens is 1170 g/mol. The van der Waals surface area contributed by atoms with Crippen LogP contribution in [0.1, 0.15) is 427 Å². The Hall–Kier alpha value is 1.13. The first-order valence-electron chi connectivity index (χ1n) is 38.8. The van der Waals surface area contributed by atoms with E-state index in [0.29, 0.717) is 0 Å². The predicted octanol–water partition coefficient (Wildman–Crippen LogP) is 17.7. The zero-order valence-electron chi connectivity index (χ0n) is 61.1. The zero-order valence-corrected chi connectivity index (χ0v) is 65.1. The SMILES string of the molecule is CCCCCCCCCCCC[N+](C)(C)CCCCCCCCCCCC.CCCCCCCCCCCC[N+](C)(C)CCCCCCCCCCCC.CCCCCCCCCCCC[N+](C)(C)CCCCCCCCCCCC.[Br-].[Br-].[Cl-]. The van der Waals surface area contributed by atoms with E-state index in [2.05, 4.69) is 83.8 Å². The molecule has 516 valence electrons. The van der Waals surface area contributed by atoms with Crippen molar-refractivity contribution in [2.45, 2.75) is 427 Å². The van der Waals surface area contributed by atoms with E-state index < -0.39 is 0 Å². The van der Waals surface area contributed by atoms with Gasteiger partial charge >= 0.3 is 0 Å². The molecule has 0 N–H and O–H groups in total. The van der Waals surface area contributed by atoms with E-state index in [1.807, 2.05) is 0 Å². The van der Waals surface area contributed by atoms with Gasteiger partial charge in [0.05, 0.1) is 81.6 Å². The molecular formula is C78H168Br2ClN3. The van der Waals surface area contributed by atoms with Gasteiger partial charge in [0, 0.05) is 0 Å². The lowest BCUT2D eigenvalue weighted by molar-refractivity contribution is -0.890. The molecule has 0 aliphatic heterocycles. The van der Waals surface area contributed by atoms with Crippen molar-refractivity contribution in [3.05, 3.63) is 0 Å². The average molecular weight is 1340 g/mol. The van der Waals surface area contributed by atoms with Gasteiger partial charge in [-0.25, -0.2) is 0 Å². The number of unbranched alkanes of at least 4 members (excludes halogenated alkanes) is 54. The number of quaternary nitrogens is 3.